The van der Waals surface area contributed by atoms with Gasteiger partial charge in [0.1, 0.15) is 0 Å². The highest BCUT2D eigenvalue weighted by Crippen LogP contribution is 2.29. The van der Waals surface area contributed by atoms with Crippen LogP contribution >= 0.6 is 11.3 Å². The van der Waals surface area contributed by atoms with Crippen molar-refractivity contribution >= 4 is 17.3 Å². The number of hydrogen-bond donors (Lipinski definition) is 1. The number of ether oxygens (including phenoxy) is 1. The third-order valence-electron chi connectivity index (χ3n) is 3.66. The average Bonchev–Trinajstić information content (AvgIpc) is 2.97. The van der Waals surface area contributed by atoms with Crippen molar-refractivity contribution in [3.63, 3.8) is 0 Å². The van der Waals surface area contributed by atoms with Gasteiger partial charge >= 0.3 is 5.97 Å². The van der Waals surface area contributed by atoms with Gasteiger partial charge in [0.05, 0.1) is 13.5 Å². The molecule has 1 aliphatic carbocycles. The maximum atomic E-state index is 11.2. The van der Waals surface area contributed by atoms with Crippen molar-refractivity contribution in [3.05, 3.63) is 21.9 Å². The Hall–Kier alpha value is -0.870. The van der Waals surface area contributed by atoms with Gasteiger partial charge in [-0.25, -0.2) is 0 Å². The summed E-state index contributed by atoms with van der Waals surface area (Å²) in [5.74, 6) is -0.167. The molecule has 1 aromatic heterocycles. The van der Waals surface area contributed by atoms with Gasteiger partial charge in [-0.3, -0.25) is 4.79 Å². The molecule has 0 unspecified atom stereocenters. The Labute approximate surface area is 113 Å². The summed E-state index contributed by atoms with van der Waals surface area (Å²) in [4.78, 5) is 13.5. The molecule has 2 rings (SSSR count). The number of esters is 1. The Morgan fingerprint density at radius 1 is 1.39 bits per heavy atom. The highest BCUT2D eigenvalue weighted by atomic mass is 32.1. The Morgan fingerprint density at radius 3 is 2.72 bits per heavy atom. The second-order valence-electron chi connectivity index (χ2n) is 5.24. The molecule has 1 saturated carbocycles. The fourth-order valence-corrected chi connectivity index (χ4v) is 3.40. The van der Waals surface area contributed by atoms with Gasteiger partial charge < -0.3 is 10.1 Å². The quantitative estimate of drug-likeness (QED) is 0.834. The molecule has 0 saturated heterocycles. The molecule has 3 nitrogen and oxygen atoms in total. The molecule has 0 radical (unpaired) electrons. The molecule has 0 spiro atoms. The van der Waals surface area contributed by atoms with Crippen LogP contribution in [0.25, 0.3) is 0 Å². The maximum Gasteiger partial charge on any atom is 0.310 e. The molecular formula is C14H21NO2S. The SMILES string of the molecule is COC(=O)Cc1ccc(CNC2(C)CCCC2)s1. The Balaban J connectivity index is 1.85. The second-order valence-corrected chi connectivity index (χ2v) is 6.50. The van der Waals surface area contributed by atoms with Gasteiger partial charge in [0.2, 0.25) is 0 Å². The molecule has 18 heavy (non-hydrogen) atoms. The molecular weight excluding hydrogens is 246 g/mol. The van der Waals surface area contributed by atoms with Gasteiger partial charge in [-0.15, -0.1) is 11.3 Å². The molecule has 0 aromatic carbocycles. The van der Waals surface area contributed by atoms with Crippen LogP contribution in [0.1, 0.15) is 42.4 Å². The maximum absolute atomic E-state index is 11.2. The fourth-order valence-electron chi connectivity index (χ4n) is 2.46. The molecule has 1 heterocycles. The first kappa shape index (κ1) is 13.6. The number of hydrogen-bond acceptors (Lipinski definition) is 4. The van der Waals surface area contributed by atoms with Crippen molar-refractivity contribution in [3.8, 4) is 0 Å². The van der Waals surface area contributed by atoms with E-state index in [1.54, 1.807) is 11.3 Å². The van der Waals surface area contributed by atoms with E-state index in [1.807, 2.05) is 6.07 Å². The zero-order valence-electron chi connectivity index (χ0n) is 11.1. The molecule has 1 aromatic rings. The van der Waals surface area contributed by atoms with Crippen LogP contribution in [0.4, 0.5) is 0 Å². The first-order chi connectivity index (χ1) is 8.61. The molecule has 0 aliphatic heterocycles. The lowest BCUT2D eigenvalue weighted by Crippen LogP contribution is -2.38. The summed E-state index contributed by atoms with van der Waals surface area (Å²) in [6.45, 7) is 3.21. The predicted octanol–water partition coefficient (Wildman–Crippen LogP) is 2.89. The third-order valence-corrected chi connectivity index (χ3v) is 4.75. The summed E-state index contributed by atoms with van der Waals surface area (Å²) in [5, 5.41) is 3.65. The molecule has 1 fully saturated rings. The number of nitrogens with one attached hydrogen (secondary N) is 1. The number of thiophene rings is 1. The summed E-state index contributed by atoms with van der Waals surface area (Å²) in [6.07, 6.45) is 5.60. The fraction of sp³-hybridized carbons (Fsp3) is 0.643. The predicted molar refractivity (Wildman–Crippen MR) is 73.8 cm³/mol. The average molecular weight is 267 g/mol. The molecule has 1 N–H and O–H groups in total. The zero-order chi connectivity index (χ0) is 13.0. The molecule has 100 valence electrons. The van der Waals surface area contributed by atoms with Gasteiger partial charge in [0.25, 0.3) is 0 Å². The van der Waals surface area contributed by atoms with E-state index < -0.39 is 0 Å². The van der Waals surface area contributed by atoms with E-state index in [0.29, 0.717) is 12.0 Å². The standard InChI is InChI=1S/C14H21NO2S/c1-14(7-3-4-8-14)15-10-12-6-5-11(18-12)9-13(16)17-2/h5-6,15H,3-4,7-10H2,1-2H3. The van der Waals surface area contributed by atoms with Crippen molar-refractivity contribution in [2.45, 2.75) is 51.1 Å². The van der Waals surface area contributed by atoms with E-state index in [2.05, 4.69) is 23.0 Å². The van der Waals surface area contributed by atoms with Crippen LogP contribution in [0, 0.1) is 0 Å². The lowest BCUT2D eigenvalue weighted by molar-refractivity contribution is -0.139. The molecule has 0 bridgehead atoms. The minimum absolute atomic E-state index is 0.167. The smallest absolute Gasteiger partial charge is 0.310 e. The minimum Gasteiger partial charge on any atom is -0.469 e. The number of carbonyl (C=O) groups excluding carboxylic acids is 1. The topological polar surface area (TPSA) is 38.3 Å². The monoisotopic (exact) mass is 267 g/mol. The van der Waals surface area contributed by atoms with Crippen LogP contribution in [0.3, 0.4) is 0 Å². The Bertz CT molecular complexity index is 408. The summed E-state index contributed by atoms with van der Waals surface area (Å²) < 4.78 is 4.67. The van der Waals surface area contributed by atoms with Gasteiger partial charge in [0.15, 0.2) is 0 Å². The summed E-state index contributed by atoms with van der Waals surface area (Å²) in [5.41, 5.74) is 0.312. The Kier molecular flexibility index (Phi) is 4.40. The van der Waals surface area contributed by atoms with Crippen molar-refractivity contribution in [1.82, 2.24) is 5.32 Å². The van der Waals surface area contributed by atoms with Crippen molar-refractivity contribution in [2.24, 2.45) is 0 Å². The zero-order valence-corrected chi connectivity index (χ0v) is 11.9. The van der Waals surface area contributed by atoms with Gasteiger partial charge in [-0.05, 0) is 31.9 Å². The van der Waals surface area contributed by atoms with Crippen LogP contribution in [0.5, 0.6) is 0 Å². The number of rotatable bonds is 5. The number of methoxy groups -OCH3 is 1. The summed E-state index contributed by atoms with van der Waals surface area (Å²) in [7, 11) is 1.43. The third kappa shape index (κ3) is 3.56. The van der Waals surface area contributed by atoms with E-state index in [4.69, 9.17) is 0 Å². The van der Waals surface area contributed by atoms with Crippen LogP contribution in [-0.2, 0) is 22.5 Å². The van der Waals surface area contributed by atoms with Crippen molar-refractivity contribution in [1.29, 1.82) is 0 Å². The van der Waals surface area contributed by atoms with Crippen molar-refractivity contribution in [2.75, 3.05) is 7.11 Å². The minimum atomic E-state index is -0.167. The molecule has 0 atom stereocenters. The summed E-state index contributed by atoms with van der Waals surface area (Å²) in [6, 6.07) is 4.13. The van der Waals surface area contributed by atoms with E-state index in [1.165, 1.54) is 37.7 Å². The van der Waals surface area contributed by atoms with Crippen LogP contribution in [0.15, 0.2) is 12.1 Å². The molecule has 1 aliphatic rings. The van der Waals surface area contributed by atoms with Gasteiger partial charge in [-0.2, -0.15) is 0 Å². The highest BCUT2D eigenvalue weighted by molar-refractivity contribution is 7.12. The van der Waals surface area contributed by atoms with Crippen molar-refractivity contribution < 1.29 is 9.53 Å². The van der Waals surface area contributed by atoms with E-state index in [-0.39, 0.29) is 5.97 Å². The lowest BCUT2D eigenvalue weighted by Gasteiger charge is -2.24. The normalized spacial score (nSPS) is 17.9. The largest absolute Gasteiger partial charge is 0.469 e. The molecule has 4 heteroatoms. The second kappa shape index (κ2) is 5.85. The van der Waals surface area contributed by atoms with Crippen LogP contribution in [-0.4, -0.2) is 18.6 Å². The number of carbonyl (C=O) groups is 1. The summed E-state index contributed by atoms with van der Waals surface area (Å²) >= 11 is 1.70. The van der Waals surface area contributed by atoms with Gasteiger partial charge in [0, 0.05) is 21.8 Å². The van der Waals surface area contributed by atoms with E-state index in [9.17, 15) is 4.79 Å². The van der Waals surface area contributed by atoms with Crippen LogP contribution in [0.2, 0.25) is 0 Å². The highest BCUT2D eigenvalue weighted by Gasteiger charge is 2.27. The lowest BCUT2D eigenvalue weighted by atomic mass is 10.0. The van der Waals surface area contributed by atoms with E-state index in [0.717, 1.165) is 11.4 Å². The first-order valence-electron chi connectivity index (χ1n) is 6.51. The first-order valence-corrected chi connectivity index (χ1v) is 7.32. The van der Waals surface area contributed by atoms with Gasteiger partial charge in [-0.1, -0.05) is 12.8 Å². The molecule has 0 amide bonds. The van der Waals surface area contributed by atoms with Crippen LogP contribution < -0.4 is 5.32 Å². The van der Waals surface area contributed by atoms with E-state index >= 15 is 0 Å². The Morgan fingerprint density at radius 2 is 2.06 bits per heavy atom.